The fourth-order valence-corrected chi connectivity index (χ4v) is 11.2. The summed E-state index contributed by atoms with van der Waals surface area (Å²) < 4.78 is 68.5. The van der Waals surface area contributed by atoms with Crippen LogP contribution in [0.4, 0.5) is 0 Å². The Morgan fingerprint density at radius 2 is 0.863 bits per heavy atom. The predicted molar refractivity (Wildman–Crippen MR) is 280 cm³/mol. The van der Waals surface area contributed by atoms with Crippen molar-refractivity contribution in [3.05, 3.63) is 186 Å². The Kier molecular flexibility index (Phi) is 14.6. The van der Waals surface area contributed by atoms with Crippen molar-refractivity contribution in [3.63, 3.8) is 0 Å². The van der Waals surface area contributed by atoms with E-state index in [4.69, 9.17) is 42.4 Å². The maximum Gasteiger partial charge on any atom is 0.311 e. The van der Waals surface area contributed by atoms with E-state index in [0.29, 0.717) is 41.5 Å². The van der Waals surface area contributed by atoms with Gasteiger partial charge >= 0.3 is 7.37 Å². The van der Waals surface area contributed by atoms with Crippen molar-refractivity contribution in [3.8, 4) is 51.4 Å². The first kappa shape index (κ1) is 49.8. The van der Waals surface area contributed by atoms with Crippen molar-refractivity contribution < 1.29 is 57.2 Å². The molecule has 3 heterocycles. The molecule has 0 bridgehead atoms. The Labute approximate surface area is 426 Å². The molecule has 7 aromatic carbocycles. The van der Waals surface area contributed by atoms with Gasteiger partial charge in [-0.2, -0.15) is 0 Å². The van der Waals surface area contributed by atoms with E-state index in [-0.39, 0.29) is 60.5 Å². The second-order valence-corrected chi connectivity index (χ2v) is 22.0. The van der Waals surface area contributed by atoms with Gasteiger partial charge in [0.05, 0.1) is 23.8 Å². The van der Waals surface area contributed by atoms with Crippen molar-refractivity contribution in [2.45, 2.75) is 62.9 Å². The van der Waals surface area contributed by atoms with Crippen LogP contribution < -0.4 is 43.6 Å². The summed E-state index contributed by atoms with van der Waals surface area (Å²) in [5, 5.41) is 23.0. The molecule has 5 unspecified atom stereocenters. The fourth-order valence-electron chi connectivity index (χ4n) is 8.80. The average Bonchev–Trinajstić information content (AvgIpc) is 4.38. The second-order valence-electron chi connectivity index (χ2n) is 19.7. The summed E-state index contributed by atoms with van der Waals surface area (Å²) in [5.74, 6) is 3.88. The fraction of sp³-hybridized carbons (Fsp3) is 0.300. The molecule has 10 rings (SSSR count). The highest BCUT2D eigenvalue weighted by atomic mass is 31.2. The topological polar surface area (TPSA) is 147 Å². The monoisotopic (exact) mass is 1000 g/mol. The third kappa shape index (κ3) is 11.7. The Morgan fingerprint density at radius 1 is 0.479 bits per heavy atom. The molecule has 12 nitrogen and oxygen atoms in total. The minimum absolute atomic E-state index is 0.0279. The van der Waals surface area contributed by atoms with Crippen LogP contribution in [-0.2, 0) is 24.9 Å². The van der Waals surface area contributed by atoms with Crippen LogP contribution in [0.1, 0.15) is 49.9 Å². The molecule has 0 saturated carbocycles. The normalized spacial score (nSPS) is 18.5. The van der Waals surface area contributed by atoms with E-state index in [1.807, 2.05) is 109 Å². The van der Waals surface area contributed by atoms with Crippen LogP contribution in [0.15, 0.2) is 164 Å². The molecule has 73 heavy (non-hydrogen) atoms. The molecule has 0 aliphatic carbocycles. The maximum atomic E-state index is 15.5. The summed E-state index contributed by atoms with van der Waals surface area (Å²) in [4.78, 5) is 0. The van der Waals surface area contributed by atoms with Crippen LogP contribution in [0.5, 0.6) is 40.2 Å². The first-order chi connectivity index (χ1) is 35.3. The molecule has 2 N–H and O–H groups in total. The van der Waals surface area contributed by atoms with Crippen LogP contribution in [-0.4, -0.2) is 87.5 Å². The molecule has 13 heteroatoms. The molecule has 5 atom stereocenters. The van der Waals surface area contributed by atoms with E-state index in [9.17, 15) is 10.2 Å². The van der Waals surface area contributed by atoms with Crippen LogP contribution >= 0.6 is 7.37 Å². The largest absolute Gasteiger partial charge is 0.491 e. The highest BCUT2D eigenvalue weighted by Crippen LogP contribution is 2.55. The number of aliphatic hydroxyl groups is 2. The number of fused-ring (bicyclic) bond motifs is 3. The summed E-state index contributed by atoms with van der Waals surface area (Å²) in [5.41, 5.74) is 5.52. The van der Waals surface area contributed by atoms with Gasteiger partial charge in [-0.1, -0.05) is 113 Å². The predicted octanol–water partition coefficient (Wildman–Crippen LogP) is 9.82. The van der Waals surface area contributed by atoms with E-state index in [1.165, 1.54) is 0 Å². The van der Waals surface area contributed by atoms with Crippen LogP contribution in [0, 0.1) is 0 Å². The Bertz CT molecular complexity index is 3020. The quantitative estimate of drug-likeness (QED) is 0.0465. The average molecular weight is 1010 g/mol. The van der Waals surface area contributed by atoms with E-state index in [0.717, 1.165) is 58.1 Å². The molecule has 2 fully saturated rings. The van der Waals surface area contributed by atoms with Gasteiger partial charge in [-0.05, 0) is 107 Å². The minimum atomic E-state index is -3.89. The van der Waals surface area contributed by atoms with Crippen LogP contribution in [0.3, 0.4) is 0 Å². The van der Waals surface area contributed by atoms with Crippen molar-refractivity contribution in [2.75, 3.05) is 52.9 Å². The van der Waals surface area contributed by atoms with Crippen molar-refractivity contribution in [1.82, 2.24) is 0 Å². The van der Waals surface area contributed by atoms with Gasteiger partial charge in [0.2, 0.25) is 0 Å². The molecule has 2 saturated heterocycles. The lowest BCUT2D eigenvalue weighted by atomic mass is 9.78. The van der Waals surface area contributed by atoms with Gasteiger partial charge in [0.25, 0.3) is 0 Å². The zero-order valence-electron chi connectivity index (χ0n) is 41.5. The molecular formula is C60H61O12P. The number of rotatable bonds is 23. The van der Waals surface area contributed by atoms with E-state index >= 15 is 4.57 Å². The number of epoxide rings is 2. The Balaban J connectivity index is 0.775. The highest BCUT2D eigenvalue weighted by Gasteiger charge is 2.40. The van der Waals surface area contributed by atoms with Gasteiger partial charge in [0.15, 0.2) is 0 Å². The number of hydrogen-bond donors (Lipinski definition) is 2. The van der Waals surface area contributed by atoms with Crippen molar-refractivity contribution in [1.29, 1.82) is 0 Å². The van der Waals surface area contributed by atoms with E-state index in [1.54, 1.807) is 30.3 Å². The van der Waals surface area contributed by atoms with Gasteiger partial charge in [-0.15, -0.1) is 0 Å². The van der Waals surface area contributed by atoms with Crippen LogP contribution in [0.2, 0.25) is 0 Å². The lowest BCUT2D eigenvalue weighted by Gasteiger charge is -2.30. The van der Waals surface area contributed by atoms with Gasteiger partial charge in [0.1, 0.15) is 104 Å². The standard InChI is InChI=1S/C60H61O12P/c1-59(2,42-17-25-48(26-18-42)67-36-51-38-69-51)40-13-21-46(22-14-40)64-32-44(61)34-66-50-29-30-56(58(31-50)73(63)57-12-8-6-10-54(57)53-9-5-7-11-55(53)72-73)71-35-45(62)33-65-47-23-15-41(16-24-47)60(3,4)43-19-27-49(28-20-43)68-37-52-39-70-52/h5-31,44-45,51-52,61-62H,32-39H2,1-4H3. The zero-order chi connectivity index (χ0) is 50.6. The molecule has 0 amide bonds. The first-order valence-corrected chi connectivity index (χ1v) is 26.4. The summed E-state index contributed by atoms with van der Waals surface area (Å²) >= 11 is 0. The smallest absolute Gasteiger partial charge is 0.311 e. The highest BCUT2D eigenvalue weighted by molar-refractivity contribution is 7.75. The number of para-hydroxylation sites is 1. The van der Waals surface area contributed by atoms with Gasteiger partial charge in [0, 0.05) is 16.4 Å². The minimum Gasteiger partial charge on any atom is -0.491 e. The summed E-state index contributed by atoms with van der Waals surface area (Å²) in [6, 6.07) is 51.8. The Morgan fingerprint density at radius 3 is 1.33 bits per heavy atom. The second kappa shape index (κ2) is 21.4. The molecule has 0 aromatic heterocycles. The van der Waals surface area contributed by atoms with E-state index < -0.39 is 19.6 Å². The number of hydrogen-bond acceptors (Lipinski definition) is 12. The lowest BCUT2D eigenvalue weighted by Crippen LogP contribution is -2.30. The zero-order valence-corrected chi connectivity index (χ0v) is 42.4. The lowest BCUT2D eigenvalue weighted by molar-refractivity contribution is 0.0616. The van der Waals surface area contributed by atoms with Gasteiger partial charge < -0.3 is 52.6 Å². The van der Waals surface area contributed by atoms with E-state index in [2.05, 4.69) is 52.0 Å². The number of benzene rings is 7. The molecule has 3 aliphatic rings. The molecule has 7 aromatic rings. The number of aliphatic hydroxyl groups excluding tert-OH is 2. The SMILES string of the molecule is CC(C)(c1ccc(OCC(O)COc2ccc(OCC(O)COc3ccc(C(C)(C)c4ccc(OCC5CO5)cc4)cc3)c(P3(=O)Oc4ccccc4-c4ccccc43)c2)cc1)c1ccc(OCC2CO2)cc1. The maximum absolute atomic E-state index is 15.5. The molecule has 378 valence electrons. The molecule has 3 aliphatic heterocycles. The van der Waals surface area contributed by atoms with Crippen LogP contribution in [0.25, 0.3) is 11.1 Å². The molecular weight excluding hydrogens is 944 g/mol. The summed E-state index contributed by atoms with van der Waals surface area (Å²) in [6.07, 6.45) is -1.64. The first-order valence-electron chi connectivity index (χ1n) is 24.7. The summed E-state index contributed by atoms with van der Waals surface area (Å²) in [6.45, 7) is 10.9. The van der Waals surface area contributed by atoms with Crippen molar-refractivity contribution >= 4 is 18.0 Å². The van der Waals surface area contributed by atoms with Crippen molar-refractivity contribution in [2.24, 2.45) is 0 Å². The van der Waals surface area contributed by atoms with Gasteiger partial charge in [-0.3, -0.25) is 4.57 Å². The third-order valence-corrected chi connectivity index (χ3v) is 16.1. The third-order valence-electron chi connectivity index (χ3n) is 13.6. The van der Waals surface area contributed by atoms with Gasteiger partial charge in [-0.25, -0.2) is 0 Å². The Hall–Kier alpha value is -6.79. The number of ether oxygens (including phenoxy) is 8. The molecule has 0 radical (unpaired) electrons. The molecule has 0 spiro atoms. The summed E-state index contributed by atoms with van der Waals surface area (Å²) in [7, 11) is -3.89.